The van der Waals surface area contributed by atoms with E-state index in [4.69, 9.17) is 14.4 Å². The third-order valence-corrected chi connectivity index (χ3v) is 2.92. The van der Waals surface area contributed by atoms with Crippen LogP contribution in [0.25, 0.3) is 0 Å². The van der Waals surface area contributed by atoms with Gasteiger partial charge in [-0.15, -0.1) is 0 Å². The molecule has 0 aliphatic carbocycles. The molecular weight excluding hydrogens is 266 g/mol. The van der Waals surface area contributed by atoms with Gasteiger partial charge < -0.3 is 19.7 Å². The average molecular weight is 283 g/mol. The lowest BCUT2D eigenvalue weighted by Crippen LogP contribution is -2.63. The molecule has 2 heterocycles. The van der Waals surface area contributed by atoms with Crippen molar-refractivity contribution in [3.8, 4) is 0 Å². The van der Waals surface area contributed by atoms with E-state index in [-0.39, 0.29) is 19.1 Å². The molecule has 1 fully saturated rings. The van der Waals surface area contributed by atoms with Crippen molar-refractivity contribution in [2.75, 3.05) is 31.6 Å². The number of aromatic nitrogens is 1. The monoisotopic (exact) mass is 283 g/mol. The van der Waals surface area contributed by atoms with Gasteiger partial charge in [-0.1, -0.05) is 5.16 Å². The molecule has 1 aromatic rings. The van der Waals surface area contributed by atoms with Crippen LogP contribution in [0, 0.1) is 6.92 Å². The fraction of sp³-hybridized carbons (Fsp3) is 0.583. The topological polar surface area (TPSA) is 105 Å². The molecule has 0 unspecified atom stereocenters. The maximum atomic E-state index is 11.7. The molecule has 2 N–H and O–H groups in total. The van der Waals surface area contributed by atoms with Crippen molar-refractivity contribution < 1.29 is 24.0 Å². The van der Waals surface area contributed by atoms with Crippen LogP contribution >= 0.6 is 0 Å². The normalized spacial score (nSPS) is 17.5. The molecule has 8 heteroatoms. The Morgan fingerprint density at radius 2 is 2.30 bits per heavy atom. The molecular formula is C12H17N3O5. The summed E-state index contributed by atoms with van der Waals surface area (Å²) in [6.45, 7) is 4.48. The Morgan fingerprint density at radius 1 is 1.60 bits per heavy atom. The first kappa shape index (κ1) is 14.5. The lowest BCUT2D eigenvalue weighted by atomic mass is 9.96. The number of hydrogen-bond donors (Lipinski definition) is 2. The summed E-state index contributed by atoms with van der Waals surface area (Å²) in [6, 6.07) is 1.63. The Bertz CT molecular complexity index is 507. The van der Waals surface area contributed by atoms with Gasteiger partial charge >= 0.3 is 5.97 Å². The Hall–Kier alpha value is -1.93. The first-order valence-electron chi connectivity index (χ1n) is 6.18. The van der Waals surface area contributed by atoms with Gasteiger partial charge in [0.15, 0.2) is 5.82 Å². The number of carbonyl (C=O) groups is 2. The number of hydrogen-bond acceptors (Lipinski definition) is 6. The van der Waals surface area contributed by atoms with Crippen molar-refractivity contribution >= 4 is 17.7 Å². The van der Waals surface area contributed by atoms with E-state index in [0.29, 0.717) is 24.7 Å². The van der Waals surface area contributed by atoms with Crippen LogP contribution < -0.4 is 5.32 Å². The minimum Gasteiger partial charge on any atom is -0.480 e. The summed E-state index contributed by atoms with van der Waals surface area (Å²) in [4.78, 5) is 24.0. The lowest BCUT2D eigenvalue weighted by Gasteiger charge is -2.46. The quantitative estimate of drug-likeness (QED) is 0.762. The van der Waals surface area contributed by atoms with Crippen LogP contribution in [0.4, 0.5) is 5.82 Å². The molecule has 2 rings (SSSR count). The van der Waals surface area contributed by atoms with E-state index in [2.05, 4.69) is 10.5 Å². The smallest absolute Gasteiger partial charge is 0.329 e. The molecule has 0 spiro atoms. The SMILES string of the molecule is Cc1cc(NC(=O)CN2CC(C)(OCC(=O)O)C2)no1. The number of nitrogens with one attached hydrogen (secondary N) is 1. The van der Waals surface area contributed by atoms with Crippen LogP contribution in [-0.4, -0.2) is 58.9 Å². The van der Waals surface area contributed by atoms with Crippen molar-refractivity contribution in [2.45, 2.75) is 19.4 Å². The summed E-state index contributed by atoms with van der Waals surface area (Å²) >= 11 is 0. The number of carboxylic acid groups (broad SMARTS) is 1. The van der Waals surface area contributed by atoms with Crippen molar-refractivity contribution in [1.82, 2.24) is 10.1 Å². The van der Waals surface area contributed by atoms with E-state index >= 15 is 0 Å². The van der Waals surface area contributed by atoms with Gasteiger partial charge in [0.05, 0.1) is 12.1 Å². The number of nitrogens with zero attached hydrogens (tertiary/aromatic N) is 2. The average Bonchev–Trinajstić information content (AvgIpc) is 2.70. The van der Waals surface area contributed by atoms with Crippen LogP contribution in [0.1, 0.15) is 12.7 Å². The third kappa shape index (κ3) is 3.78. The molecule has 0 saturated carbocycles. The van der Waals surface area contributed by atoms with Gasteiger partial charge in [-0.25, -0.2) is 4.79 Å². The fourth-order valence-electron chi connectivity index (χ4n) is 2.15. The van der Waals surface area contributed by atoms with Crippen molar-refractivity contribution in [3.05, 3.63) is 11.8 Å². The van der Waals surface area contributed by atoms with E-state index in [1.165, 1.54) is 0 Å². The van der Waals surface area contributed by atoms with Gasteiger partial charge in [0.1, 0.15) is 12.4 Å². The van der Waals surface area contributed by atoms with Crippen molar-refractivity contribution in [1.29, 1.82) is 0 Å². The molecule has 1 aliphatic heterocycles. The first-order valence-corrected chi connectivity index (χ1v) is 6.18. The molecule has 0 atom stereocenters. The molecule has 8 nitrogen and oxygen atoms in total. The molecule has 20 heavy (non-hydrogen) atoms. The first-order chi connectivity index (χ1) is 9.36. The number of carbonyl (C=O) groups excluding carboxylic acids is 1. The highest BCUT2D eigenvalue weighted by Crippen LogP contribution is 2.24. The Balaban J connectivity index is 1.71. The van der Waals surface area contributed by atoms with Crippen LogP contribution in [0.2, 0.25) is 0 Å². The van der Waals surface area contributed by atoms with Crippen LogP contribution in [0.15, 0.2) is 10.6 Å². The molecule has 1 saturated heterocycles. The zero-order valence-electron chi connectivity index (χ0n) is 11.4. The number of carboxylic acids is 1. The number of likely N-dealkylation sites (tertiary alicyclic amines) is 1. The second-order valence-corrected chi connectivity index (χ2v) is 5.15. The van der Waals surface area contributed by atoms with Crippen molar-refractivity contribution in [3.63, 3.8) is 0 Å². The van der Waals surface area contributed by atoms with E-state index in [9.17, 15) is 9.59 Å². The Kier molecular flexibility index (Phi) is 4.05. The van der Waals surface area contributed by atoms with E-state index < -0.39 is 11.6 Å². The van der Waals surface area contributed by atoms with Crippen LogP contribution in [0.3, 0.4) is 0 Å². The van der Waals surface area contributed by atoms with Gasteiger partial charge in [0.2, 0.25) is 5.91 Å². The van der Waals surface area contributed by atoms with Gasteiger partial charge in [-0.05, 0) is 13.8 Å². The zero-order valence-corrected chi connectivity index (χ0v) is 11.4. The summed E-state index contributed by atoms with van der Waals surface area (Å²) in [5, 5.41) is 14.8. The summed E-state index contributed by atoms with van der Waals surface area (Å²) in [5.41, 5.74) is -0.497. The van der Waals surface area contributed by atoms with E-state index in [1.807, 2.05) is 11.8 Å². The number of ether oxygens (including phenoxy) is 1. The number of rotatable bonds is 6. The summed E-state index contributed by atoms with van der Waals surface area (Å²) in [7, 11) is 0. The molecule has 1 aromatic heterocycles. The lowest BCUT2D eigenvalue weighted by molar-refractivity contribution is -0.165. The van der Waals surface area contributed by atoms with Gasteiger partial charge in [0.25, 0.3) is 0 Å². The molecule has 1 aliphatic rings. The number of anilines is 1. The molecule has 0 bridgehead atoms. The number of aliphatic carboxylic acids is 1. The summed E-state index contributed by atoms with van der Waals surface area (Å²) in [5.74, 6) is -0.181. The minimum atomic E-state index is -0.996. The Morgan fingerprint density at radius 3 is 2.85 bits per heavy atom. The van der Waals surface area contributed by atoms with Gasteiger partial charge in [-0.2, -0.15) is 0 Å². The highest BCUT2D eigenvalue weighted by atomic mass is 16.5. The van der Waals surface area contributed by atoms with Gasteiger partial charge in [-0.3, -0.25) is 9.69 Å². The standard InChI is InChI=1S/C12H17N3O5/c1-8-3-9(14-20-8)13-10(16)4-15-6-12(2,7-15)19-5-11(17)18/h3H,4-7H2,1-2H3,(H,17,18)(H,13,14,16). The van der Waals surface area contributed by atoms with Gasteiger partial charge in [0, 0.05) is 19.2 Å². The number of amides is 1. The maximum absolute atomic E-state index is 11.7. The maximum Gasteiger partial charge on any atom is 0.329 e. The molecule has 0 aromatic carbocycles. The highest BCUT2D eigenvalue weighted by Gasteiger charge is 2.40. The second-order valence-electron chi connectivity index (χ2n) is 5.15. The predicted octanol–water partition coefficient (Wildman–Crippen LogP) is 0.0970. The van der Waals surface area contributed by atoms with Crippen LogP contribution in [-0.2, 0) is 14.3 Å². The molecule has 0 radical (unpaired) electrons. The minimum absolute atomic E-state index is 0.196. The predicted molar refractivity (Wildman–Crippen MR) is 68.3 cm³/mol. The van der Waals surface area contributed by atoms with Crippen molar-refractivity contribution in [2.24, 2.45) is 0 Å². The van der Waals surface area contributed by atoms with E-state index in [1.54, 1.807) is 13.0 Å². The molecule has 110 valence electrons. The third-order valence-electron chi connectivity index (χ3n) is 2.92. The summed E-state index contributed by atoms with van der Waals surface area (Å²) < 4.78 is 10.1. The Labute approximate surface area is 115 Å². The van der Waals surface area contributed by atoms with E-state index in [0.717, 1.165) is 0 Å². The highest BCUT2D eigenvalue weighted by molar-refractivity contribution is 5.91. The fourth-order valence-corrected chi connectivity index (χ4v) is 2.15. The number of aryl methyl sites for hydroxylation is 1. The largest absolute Gasteiger partial charge is 0.480 e. The molecule has 1 amide bonds. The second kappa shape index (κ2) is 5.59. The zero-order chi connectivity index (χ0) is 14.8. The van der Waals surface area contributed by atoms with Crippen LogP contribution in [0.5, 0.6) is 0 Å². The summed E-state index contributed by atoms with van der Waals surface area (Å²) in [6.07, 6.45) is 0.